The zero-order chi connectivity index (χ0) is 15.0. The normalized spacial score (nSPS) is 22.2. The van der Waals surface area contributed by atoms with E-state index in [-0.39, 0.29) is 5.41 Å². The molecule has 1 heteroatoms. The summed E-state index contributed by atoms with van der Waals surface area (Å²) in [6, 6.07) is 7.68. The van der Waals surface area contributed by atoms with Gasteiger partial charge in [0.15, 0.2) is 0 Å². The van der Waals surface area contributed by atoms with Gasteiger partial charge in [-0.1, -0.05) is 59.7 Å². The van der Waals surface area contributed by atoms with Crippen LogP contribution in [0, 0.1) is 5.41 Å². The highest BCUT2D eigenvalue weighted by Gasteiger charge is 2.29. The first-order valence-corrected chi connectivity index (χ1v) is 8.09. The van der Waals surface area contributed by atoms with Crippen LogP contribution in [0.1, 0.15) is 77.1 Å². The Morgan fingerprint density at radius 2 is 1.95 bits per heavy atom. The Morgan fingerprint density at radius 3 is 2.55 bits per heavy atom. The minimum Gasteiger partial charge on any atom is -0.310 e. The van der Waals surface area contributed by atoms with Gasteiger partial charge in [0.25, 0.3) is 0 Å². The molecule has 0 spiro atoms. The second-order valence-electron chi connectivity index (χ2n) is 8.14. The summed E-state index contributed by atoms with van der Waals surface area (Å²) in [6.45, 7) is 15.0. The third kappa shape index (κ3) is 3.44. The van der Waals surface area contributed by atoms with Gasteiger partial charge in [0.1, 0.15) is 0 Å². The maximum absolute atomic E-state index is 3.71. The van der Waals surface area contributed by atoms with Crippen molar-refractivity contribution >= 4 is 0 Å². The molecule has 1 unspecified atom stereocenters. The summed E-state index contributed by atoms with van der Waals surface area (Å²) in [7, 11) is 0. The van der Waals surface area contributed by atoms with Crippen LogP contribution >= 0.6 is 0 Å². The second-order valence-corrected chi connectivity index (χ2v) is 8.14. The zero-order valence-corrected chi connectivity index (χ0v) is 14.1. The van der Waals surface area contributed by atoms with Crippen molar-refractivity contribution in [1.82, 2.24) is 5.32 Å². The molecule has 1 aliphatic carbocycles. The molecule has 0 heterocycles. The van der Waals surface area contributed by atoms with Crippen LogP contribution in [0.3, 0.4) is 0 Å². The Bertz CT molecular complexity index is 465. The highest BCUT2D eigenvalue weighted by molar-refractivity contribution is 5.38. The van der Waals surface area contributed by atoms with E-state index in [9.17, 15) is 0 Å². The predicted octanol–water partition coefficient (Wildman–Crippen LogP) is 5.00. The fraction of sp³-hybridized carbons (Fsp3) is 0.684. The molecule has 0 amide bonds. The van der Waals surface area contributed by atoms with Gasteiger partial charge in [0.05, 0.1) is 0 Å². The summed E-state index contributed by atoms with van der Waals surface area (Å²) in [5.74, 6) is 0. The van der Waals surface area contributed by atoms with Gasteiger partial charge in [-0.3, -0.25) is 0 Å². The number of fused-ring (bicyclic) bond motifs is 1. The van der Waals surface area contributed by atoms with E-state index in [0.717, 1.165) is 6.54 Å². The Balaban J connectivity index is 2.44. The van der Waals surface area contributed by atoms with E-state index < -0.39 is 0 Å². The van der Waals surface area contributed by atoms with Crippen molar-refractivity contribution in [2.24, 2.45) is 5.41 Å². The molecular weight excluding hydrogens is 242 g/mol. The van der Waals surface area contributed by atoms with Gasteiger partial charge in [0.2, 0.25) is 0 Å². The van der Waals surface area contributed by atoms with Crippen molar-refractivity contribution in [3.8, 4) is 0 Å². The van der Waals surface area contributed by atoms with Gasteiger partial charge < -0.3 is 5.32 Å². The third-order valence-corrected chi connectivity index (χ3v) is 4.67. The lowest BCUT2D eigenvalue weighted by Gasteiger charge is -2.28. The summed E-state index contributed by atoms with van der Waals surface area (Å²) in [5.41, 5.74) is 5.21. The molecule has 1 N–H and O–H groups in total. The van der Waals surface area contributed by atoms with Crippen molar-refractivity contribution in [1.29, 1.82) is 0 Å². The summed E-state index contributed by atoms with van der Waals surface area (Å²) in [5, 5.41) is 3.71. The molecule has 0 saturated carbocycles. The van der Waals surface area contributed by atoms with Gasteiger partial charge in [0, 0.05) is 6.04 Å². The molecule has 20 heavy (non-hydrogen) atoms. The fourth-order valence-electron chi connectivity index (χ4n) is 3.28. The van der Waals surface area contributed by atoms with Gasteiger partial charge in [-0.25, -0.2) is 0 Å². The highest BCUT2D eigenvalue weighted by atomic mass is 14.9. The second kappa shape index (κ2) is 5.52. The van der Waals surface area contributed by atoms with Crippen LogP contribution in [-0.4, -0.2) is 6.54 Å². The van der Waals surface area contributed by atoms with Crippen LogP contribution in [0.2, 0.25) is 0 Å². The molecule has 2 rings (SSSR count). The van der Waals surface area contributed by atoms with E-state index in [0.29, 0.717) is 11.5 Å². The van der Waals surface area contributed by atoms with E-state index in [1.165, 1.54) is 24.8 Å². The summed E-state index contributed by atoms with van der Waals surface area (Å²) < 4.78 is 0. The third-order valence-electron chi connectivity index (χ3n) is 4.67. The van der Waals surface area contributed by atoms with Gasteiger partial charge in [-0.05, 0) is 53.3 Å². The number of hydrogen-bond acceptors (Lipinski definition) is 1. The van der Waals surface area contributed by atoms with E-state index >= 15 is 0 Å². The Kier molecular flexibility index (Phi) is 4.30. The largest absolute Gasteiger partial charge is 0.310 e. The summed E-state index contributed by atoms with van der Waals surface area (Å²) >= 11 is 0. The first-order valence-electron chi connectivity index (χ1n) is 8.09. The molecule has 0 radical (unpaired) electrons. The van der Waals surface area contributed by atoms with E-state index in [4.69, 9.17) is 0 Å². The number of hydrogen-bond donors (Lipinski definition) is 1. The molecule has 1 aromatic carbocycles. The van der Waals surface area contributed by atoms with Crippen LogP contribution in [0.15, 0.2) is 18.2 Å². The quantitative estimate of drug-likeness (QED) is 0.748. The molecule has 0 fully saturated rings. The lowest BCUT2D eigenvalue weighted by Crippen LogP contribution is -2.26. The van der Waals surface area contributed by atoms with E-state index in [1.54, 1.807) is 11.1 Å². The average Bonchev–Trinajstić information content (AvgIpc) is 2.46. The van der Waals surface area contributed by atoms with Crippen molar-refractivity contribution in [3.05, 3.63) is 34.9 Å². The molecule has 0 bridgehead atoms. The minimum atomic E-state index is 0.230. The minimum absolute atomic E-state index is 0.230. The topological polar surface area (TPSA) is 12.0 Å². The molecule has 0 aromatic heterocycles. The number of aryl methyl sites for hydroxylation is 1. The van der Waals surface area contributed by atoms with Crippen molar-refractivity contribution in [2.75, 3.05) is 6.54 Å². The van der Waals surface area contributed by atoms with Crippen LogP contribution < -0.4 is 5.32 Å². The Morgan fingerprint density at radius 1 is 1.25 bits per heavy atom. The molecule has 1 atom stereocenters. The zero-order valence-electron chi connectivity index (χ0n) is 14.1. The van der Waals surface area contributed by atoms with Crippen molar-refractivity contribution in [3.63, 3.8) is 0 Å². The molecule has 0 saturated heterocycles. The van der Waals surface area contributed by atoms with Gasteiger partial charge in [-0.2, -0.15) is 0 Å². The predicted molar refractivity (Wildman–Crippen MR) is 88.3 cm³/mol. The standard InChI is InChI=1S/C19H31N/c1-7-20-17-13-19(5,6)11-10-14-8-9-15(12-16(14)17)18(2,3)4/h8-9,12,17,20H,7,10-11,13H2,1-6H3. The average molecular weight is 273 g/mol. The SMILES string of the molecule is CCNC1CC(C)(C)CCc2ccc(C(C)(C)C)cc21. The molecule has 1 aliphatic rings. The van der Waals surface area contributed by atoms with Crippen LogP contribution in [0.4, 0.5) is 0 Å². The van der Waals surface area contributed by atoms with E-state index in [2.05, 4.69) is 65.1 Å². The first-order chi connectivity index (χ1) is 9.23. The van der Waals surface area contributed by atoms with Crippen LogP contribution in [0.25, 0.3) is 0 Å². The maximum Gasteiger partial charge on any atom is 0.0328 e. The lowest BCUT2D eigenvalue weighted by molar-refractivity contribution is 0.275. The molecule has 112 valence electrons. The maximum atomic E-state index is 3.71. The van der Waals surface area contributed by atoms with Crippen molar-refractivity contribution in [2.45, 2.75) is 72.3 Å². The highest BCUT2D eigenvalue weighted by Crippen LogP contribution is 2.40. The van der Waals surface area contributed by atoms with Crippen LogP contribution in [-0.2, 0) is 11.8 Å². The van der Waals surface area contributed by atoms with Crippen molar-refractivity contribution < 1.29 is 0 Å². The molecule has 1 aromatic rings. The molecular formula is C19H31N. The molecule has 0 aliphatic heterocycles. The van der Waals surface area contributed by atoms with Gasteiger partial charge >= 0.3 is 0 Å². The number of nitrogens with one attached hydrogen (secondary N) is 1. The lowest BCUT2D eigenvalue weighted by atomic mass is 9.82. The fourth-order valence-corrected chi connectivity index (χ4v) is 3.28. The smallest absolute Gasteiger partial charge is 0.0328 e. The van der Waals surface area contributed by atoms with Gasteiger partial charge in [-0.15, -0.1) is 0 Å². The molecule has 1 nitrogen and oxygen atoms in total. The van der Waals surface area contributed by atoms with Crippen LogP contribution in [0.5, 0.6) is 0 Å². The Labute approximate surface area is 125 Å². The van der Waals surface area contributed by atoms with E-state index in [1.807, 2.05) is 0 Å². The number of benzene rings is 1. The summed E-state index contributed by atoms with van der Waals surface area (Å²) in [6.07, 6.45) is 3.74. The Hall–Kier alpha value is -0.820. The first kappa shape index (κ1) is 15.6. The summed E-state index contributed by atoms with van der Waals surface area (Å²) in [4.78, 5) is 0. The number of rotatable bonds is 2. The monoisotopic (exact) mass is 273 g/mol.